The van der Waals surface area contributed by atoms with Crippen LogP contribution in [0.3, 0.4) is 0 Å². The number of oxime groups is 1. The smallest absolute Gasteiger partial charge is 0.106 e. The summed E-state index contributed by atoms with van der Waals surface area (Å²) in [6.07, 6.45) is 3.72. The fourth-order valence-electron chi connectivity index (χ4n) is 1.23. The molecule has 0 amide bonds. The third-order valence-corrected chi connectivity index (χ3v) is 1.87. The molecule has 1 saturated carbocycles. The van der Waals surface area contributed by atoms with E-state index in [9.17, 15) is 0 Å². The molecular weight excluding hydrogens is 138 g/mol. The van der Waals surface area contributed by atoms with Gasteiger partial charge in [-0.3, -0.25) is 0 Å². The molecule has 0 atom stereocenters. The van der Waals surface area contributed by atoms with Gasteiger partial charge in [-0.15, -0.1) is 0 Å². The van der Waals surface area contributed by atoms with Gasteiger partial charge in [-0.05, 0) is 25.2 Å². The van der Waals surface area contributed by atoms with Crippen LogP contribution < -0.4 is 0 Å². The zero-order valence-electron chi connectivity index (χ0n) is 7.63. The van der Waals surface area contributed by atoms with Crippen molar-refractivity contribution in [1.29, 1.82) is 0 Å². The Labute approximate surface area is 68.6 Å². The first kappa shape index (κ1) is 8.57. The van der Waals surface area contributed by atoms with Gasteiger partial charge >= 0.3 is 0 Å². The van der Waals surface area contributed by atoms with Crippen LogP contribution in [0.4, 0.5) is 0 Å². The van der Waals surface area contributed by atoms with Crippen LogP contribution in [-0.4, -0.2) is 12.8 Å². The number of nitrogens with zero attached hydrogens (tertiary/aromatic N) is 1. The first-order chi connectivity index (χ1) is 5.24. The molecule has 0 aliphatic heterocycles. The Morgan fingerprint density at radius 2 is 2.18 bits per heavy atom. The molecule has 1 rings (SSSR count). The second-order valence-corrected chi connectivity index (χ2v) is 3.64. The van der Waals surface area contributed by atoms with E-state index in [0.29, 0.717) is 5.92 Å². The van der Waals surface area contributed by atoms with E-state index in [1.165, 1.54) is 18.6 Å². The molecule has 0 aromatic rings. The fraction of sp³-hybridized carbons (Fsp3) is 0.889. The summed E-state index contributed by atoms with van der Waals surface area (Å²) in [5.41, 5.74) is 1.27. The maximum absolute atomic E-state index is 4.79. The number of rotatable bonds is 4. The van der Waals surface area contributed by atoms with Crippen molar-refractivity contribution < 1.29 is 4.84 Å². The summed E-state index contributed by atoms with van der Waals surface area (Å²) in [7, 11) is 1.63. The molecule has 0 heterocycles. The van der Waals surface area contributed by atoms with Gasteiger partial charge in [0.2, 0.25) is 0 Å². The number of hydrogen-bond acceptors (Lipinski definition) is 2. The topological polar surface area (TPSA) is 21.6 Å². The minimum Gasteiger partial charge on any atom is -0.399 e. The van der Waals surface area contributed by atoms with Gasteiger partial charge in [0.05, 0.1) is 5.71 Å². The summed E-state index contributed by atoms with van der Waals surface area (Å²) >= 11 is 0. The van der Waals surface area contributed by atoms with Crippen molar-refractivity contribution in [2.24, 2.45) is 17.0 Å². The molecule has 0 unspecified atom stereocenters. The molecule has 0 aromatic heterocycles. The van der Waals surface area contributed by atoms with Crippen molar-refractivity contribution in [1.82, 2.24) is 0 Å². The van der Waals surface area contributed by atoms with Crippen molar-refractivity contribution >= 4 is 5.71 Å². The van der Waals surface area contributed by atoms with Gasteiger partial charge in [-0.2, -0.15) is 0 Å². The molecule has 0 spiro atoms. The van der Waals surface area contributed by atoms with Crippen LogP contribution in [0.15, 0.2) is 5.16 Å². The van der Waals surface area contributed by atoms with Crippen LogP contribution in [-0.2, 0) is 4.84 Å². The van der Waals surface area contributed by atoms with Gasteiger partial charge in [0, 0.05) is 5.92 Å². The molecule has 1 fully saturated rings. The van der Waals surface area contributed by atoms with Crippen LogP contribution in [0.1, 0.15) is 33.1 Å². The first-order valence-corrected chi connectivity index (χ1v) is 4.34. The summed E-state index contributed by atoms with van der Waals surface area (Å²) in [6.45, 7) is 4.43. The summed E-state index contributed by atoms with van der Waals surface area (Å²) in [4.78, 5) is 4.79. The van der Waals surface area contributed by atoms with E-state index in [2.05, 4.69) is 19.0 Å². The molecule has 0 saturated heterocycles. The van der Waals surface area contributed by atoms with Crippen LogP contribution in [0.2, 0.25) is 0 Å². The average molecular weight is 155 g/mol. The molecule has 2 heteroatoms. The van der Waals surface area contributed by atoms with Crippen LogP contribution in [0, 0.1) is 11.8 Å². The van der Waals surface area contributed by atoms with E-state index in [1.54, 1.807) is 7.11 Å². The normalized spacial score (nSPS) is 19.1. The predicted molar refractivity (Wildman–Crippen MR) is 46.6 cm³/mol. The zero-order chi connectivity index (χ0) is 8.27. The van der Waals surface area contributed by atoms with Gasteiger partial charge < -0.3 is 4.84 Å². The van der Waals surface area contributed by atoms with Crippen molar-refractivity contribution in [2.45, 2.75) is 33.1 Å². The minimum atomic E-state index is 0.699. The van der Waals surface area contributed by atoms with E-state index in [1.807, 2.05) is 0 Å². The zero-order valence-corrected chi connectivity index (χ0v) is 7.63. The number of hydrogen-bond donors (Lipinski definition) is 0. The van der Waals surface area contributed by atoms with Gasteiger partial charge in [0.25, 0.3) is 0 Å². The average Bonchev–Trinajstić information content (AvgIpc) is 2.66. The Bertz CT molecular complexity index is 148. The Balaban J connectivity index is 2.38. The van der Waals surface area contributed by atoms with E-state index < -0.39 is 0 Å². The van der Waals surface area contributed by atoms with Crippen LogP contribution >= 0.6 is 0 Å². The lowest BCUT2D eigenvalue weighted by molar-refractivity contribution is 0.210. The van der Waals surface area contributed by atoms with Gasteiger partial charge in [-0.25, -0.2) is 0 Å². The molecule has 0 N–H and O–H groups in total. The van der Waals surface area contributed by atoms with Crippen LogP contribution in [0.25, 0.3) is 0 Å². The lowest BCUT2D eigenvalue weighted by Gasteiger charge is -2.05. The summed E-state index contributed by atoms with van der Waals surface area (Å²) in [6, 6.07) is 0. The molecule has 1 aliphatic rings. The van der Waals surface area contributed by atoms with Crippen molar-refractivity contribution in [2.75, 3.05) is 7.11 Å². The maximum atomic E-state index is 4.79. The lowest BCUT2D eigenvalue weighted by atomic mass is 10.0. The third-order valence-electron chi connectivity index (χ3n) is 1.87. The highest BCUT2D eigenvalue weighted by molar-refractivity contribution is 5.88. The van der Waals surface area contributed by atoms with E-state index in [0.717, 1.165) is 12.3 Å². The standard InChI is InChI=1S/C9H17NO/c1-7(2)6-9(10-11-3)8-4-5-8/h7-8H,4-6H2,1-3H3. The highest BCUT2D eigenvalue weighted by Crippen LogP contribution is 2.32. The Hall–Kier alpha value is -0.530. The van der Waals surface area contributed by atoms with Gasteiger partial charge in [0.1, 0.15) is 7.11 Å². The fourth-order valence-corrected chi connectivity index (χ4v) is 1.23. The minimum absolute atomic E-state index is 0.699. The maximum Gasteiger partial charge on any atom is 0.106 e. The molecule has 0 aromatic carbocycles. The lowest BCUT2D eigenvalue weighted by Crippen LogP contribution is -2.05. The Morgan fingerprint density at radius 1 is 1.55 bits per heavy atom. The Morgan fingerprint density at radius 3 is 2.55 bits per heavy atom. The monoisotopic (exact) mass is 155 g/mol. The summed E-state index contributed by atoms with van der Waals surface area (Å²) < 4.78 is 0. The highest BCUT2D eigenvalue weighted by Gasteiger charge is 2.28. The Kier molecular flexibility index (Phi) is 2.92. The third kappa shape index (κ3) is 2.91. The highest BCUT2D eigenvalue weighted by atomic mass is 16.6. The molecule has 64 valence electrons. The SMILES string of the molecule is CON=C(CC(C)C)C1CC1. The van der Waals surface area contributed by atoms with Crippen molar-refractivity contribution in [3.05, 3.63) is 0 Å². The molecule has 0 radical (unpaired) electrons. The van der Waals surface area contributed by atoms with E-state index in [-0.39, 0.29) is 0 Å². The van der Waals surface area contributed by atoms with Gasteiger partial charge in [0.15, 0.2) is 0 Å². The second-order valence-electron chi connectivity index (χ2n) is 3.64. The molecule has 2 nitrogen and oxygen atoms in total. The quantitative estimate of drug-likeness (QED) is 0.451. The molecule has 11 heavy (non-hydrogen) atoms. The predicted octanol–water partition coefficient (Wildman–Crippen LogP) is 2.44. The van der Waals surface area contributed by atoms with E-state index in [4.69, 9.17) is 4.84 Å². The van der Waals surface area contributed by atoms with E-state index >= 15 is 0 Å². The summed E-state index contributed by atoms with van der Waals surface area (Å²) in [5.74, 6) is 1.45. The van der Waals surface area contributed by atoms with Crippen molar-refractivity contribution in [3.8, 4) is 0 Å². The second kappa shape index (κ2) is 3.74. The largest absolute Gasteiger partial charge is 0.399 e. The molecule has 1 aliphatic carbocycles. The van der Waals surface area contributed by atoms with Gasteiger partial charge in [-0.1, -0.05) is 19.0 Å². The molecule has 0 bridgehead atoms. The summed E-state index contributed by atoms with van der Waals surface area (Å²) in [5, 5.41) is 4.04. The first-order valence-electron chi connectivity index (χ1n) is 4.34. The molecular formula is C9H17NO. The van der Waals surface area contributed by atoms with Crippen LogP contribution in [0.5, 0.6) is 0 Å². The van der Waals surface area contributed by atoms with Crippen molar-refractivity contribution in [3.63, 3.8) is 0 Å².